The molecule has 0 saturated carbocycles. The number of nitrogen functional groups attached to an aromatic ring is 1. The summed E-state index contributed by atoms with van der Waals surface area (Å²) in [5.74, 6) is 0.451. The lowest BCUT2D eigenvalue weighted by molar-refractivity contribution is 0.638. The Labute approximate surface area is 92.5 Å². The zero-order chi connectivity index (χ0) is 11.0. The van der Waals surface area contributed by atoms with Gasteiger partial charge in [0, 0.05) is 17.8 Å². The predicted octanol–water partition coefficient (Wildman–Crippen LogP) is 3.08. The molecule has 0 aliphatic rings. The largest absolute Gasteiger partial charge is 0.440 e. The van der Waals surface area contributed by atoms with Crippen LogP contribution in [0.3, 0.4) is 0 Å². The number of benzene rings is 1. The lowest BCUT2D eigenvalue weighted by atomic mass is 10.1. The second kappa shape index (κ2) is 3.38. The molecular weight excluding hydrogens is 200 g/mol. The van der Waals surface area contributed by atoms with E-state index in [0.29, 0.717) is 5.88 Å². The highest BCUT2D eigenvalue weighted by atomic mass is 16.3. The van der Waals surface area contributed by atoms with Crippen LogP contribution < -0.4 is 5.73 Å². The number of rotatable bonds is 1. The fourth-order valence-corrected chi connectivity index (χ4v) is 1.88. The standard InChI is InChI=1S/C13H10N2O/c14-13-12(9-5-7-15-8-6-9)10-3-1-2-4-11(10)16-13/h1-8H,14H2. The van der Waals surface area contributed by atoms with E-state index < -0.39 is 0 Å². The second-order valence-corrected chi connectivity index (χ2v) is 3.57. The van der Waals surface area contributed by atoms with Gasteiger partial charge in [-0.3, -0.25) is 4.98 Å². The summed E-state index contributed by atoms with van der Waals surface area (Å²) in [4.78, 5) is 3.99. The van der Waals surface area contributed by atoms with E-state index in [0.717, 1.165) is 22.1 Å². The summed E-state index contributed by atoms with van der Waals surface area (Å²) < 4.78 is 5.51. The smallest absolute Gasteiger partial charge is 0.199 e. The first-order chi connectivity index (χ1) is 7.86. The van der Waals surface area contributed by atoms with Crippen LogP contribution in [0.1, 0.15) is 0 Å². The van der Waals surface area contributed by atoms with Crippen LogP contribution in [0.2, 0.25) is 0 Å². The van der Waals surface area contributed by atoms with Crippen molar-refractivity contribution in [1.29, 1.82) is 0 Å². The maximum Gasteiger partial charge on any atom is 0.199 e. The van der Waals surface area contributed by atoms with Crippen molar-refractivity contribution in [3.8, 4) is 11.1 Å². The molecule has 0 unspecified atom stereocenters. The van der Waals surface area contributed by atoms with E-state index in [-0.39, 0.29) is 0 Å². The molecule has 78 valence electrons. The molecule has 3 heteroatoms. The lowest BCUT2D eigenvalue weighted by Crippen LogP contribution is -1.85. The topological polar surface area (TPSA) is 52.0 Å². The molecule has 0 aliphatic heterocycles. The Morgan fingerprint density at radius 2 is 1.75 bits per heavy atom. The molecule has 3 aromatic rings. The Hall–Kier alpha value is -2.29. The molecule has 0 radical (unpaired) electrons. The van der Waals surface area contributed by atoms with Crippen molar-refractivity contribution >= 4 is 16.9 Å². The van der Waals surface area contributed by atoms with Gasteiger partial charge < -0.3 is 10.2 Å². The average Bonchev–Trinajstić information content (AvgIpc) is 2.66. The second-order valence-electron chi connectivity index (χ2n) is 3.57. The number of pyridine rings is 1. The van der Waals surface area contributed by atoms with E-state index in [1.807, 2.05) is 36.4 Å². The fourth-order valence-electron chi connectivity index (χ4n) is 1.88. The van der Waals surface area contributed by atoms with Crippen LogP contribution in [0.25, 0.3) is 22.1 Å². The molecule has 0 bridgehead atoms. The van der Waals surface area contributed by atoms with Crippen molar-refractivity contribution in [3.63, 3.8) is 0 Å². The summed E-state index contributed by atoms with van der Waals surface area (Å²) in [6.07, 6.45) is 3.49. The molecule has 1 aromatic carbocycles. The van der Waals surface area contributed by atoms with Crippen LogP contribution in [0, 0.1) is 0 Å². The van der Waals surface area contributed by atoms with E-state index in [2.05, 4.69) is 4.98 Å². The number of nitrogens with zero attached hydrogens (tertiary/aromatic N) is 1. The maximum atomic E-state index is 5.90. The van der Waals surface area contributed by atoms with Gasteiger partial charge in [-0.05, 0) is 23.8 Å². The molecule has 0 atom stereocenters. The summed E-state index contributed by atoms with van der Waals surface area (Å²) >= 11 is 0. The van der Waals surface area contributed by atoms with Crippen molar-refractivity contribution in [2.75, 3.05) is 5.73 Å². The van der Waals surface area contributed by atoms with Crippen molar-refractivity contribution < 1.29 is 4.42 Å². The Kier molecular flexibility index (Phi) is 1.90. The highest BCUT2D eigenvalue weighted by molar-refractivity contribution is 5.99. The minimum Gasteiger partial charge on any atom is -0.440 e. The molecule has 3 rings (SSSR count). The molecule has 2 heterocycles. The van der Waals surface area contributed by atoms with Crippen molar-refractivity contribution in [1.82, 2.24) is 4.98 Å². The van der Waals surface area contributed by atoms with E-state index in [4.69, 9.17) is 10.2 Å². The van der Waals surface area contributed by atoms with Crippen LogP contribution in [-0.4, -0.2) is 4.98 Å². The first kappa shape index (κ1) is 8.97. The number of furan rings is 1. The summed E-state index contributed by atoms with van der Waals surface area (Å²) in [5, 5.41) is 1.03. The number of nitrogens with two attached hydrogens (primary N) is 1. The normalized spacial score (nSPS) is 10.8. The maximum absolute atomic E-state index is 5.90. The van der Waals surface area contributed by atoms with Gasteiger partial charge in [-0.2, -0.15) is 0 Å². The third-order valence-corrected chi connectivity index (χ3v) is 2.59. The zero-order valence-electron chi connectivity index (χ0n) is 8.55. The van der Waals surface area contributed by atoms with Gasteiger partial charge in [0.2, 0.25) is 0 Å². The zero-order valence-corrected chi connectivity index (χ0v) is 8.55. The molecule has 0 amide bonds. The predicted molar refractivity (Wildman–Crippen MR) is 63.9 cm³/mol. The van der Waals surface area contributed by atoms with Crippen molar-refractivity contribution in [2.45, 2.75) is 0 Å². The van der Waals surface area contributed by atoms with Crippen LogP contribution in [0.15, 0.2) is 53.2 Å². The fraction of sp³-hybridized carbons (Fsp3) is 0. The Morgan fingerprint density at radius 1 is 1.00 bits per heavy atom. The molecule has 0 saturated heterocycles. The third-order valence-electron chi connectivity index (χ3n) is 2.59. The summed E-state index contributed by atoms with van der Waals surface area (Å²) in [6, 6.07) is 11.7. The summed E-state index contributed by atoms with van der Waals surface area (Å²) in [7, 11) is 0. The minimum absolute atomic E-state index is 0.451. The molecule has 0 spiro atoms. The number of aromatic nitrogens is 1. The van der Waals surface area contributed by atoms with Gasteiger partial charge in [-0.25, -0.2) is 0 Å². The van der Waals surface area contributed by atoms with Crippen molar-refractivity contribution in [3.05, 3.63) is 48.8 Å². The van der Waals surface area contributed by atoms with Gasteiger partial charge in [-0.1, -0.05) is 18.2 Å². The van der Waals surface area contributed by atoms with Crippen LogP contribution in [0.4, 0.5) is 5.88 Å². The van der Waals surface area contributed by atoms with E-state index in [1.54, 1.807) is 12.4 Å². The summed E-state index contributed by atoms with van der Waals surface area (Å²) in [6.45, 7) is 0. The van der Waals surface area contributed by atoms with Gasteiger partial charge in [-0.15, -0.1) is 0 Å². The van der Waals surface area contributed by atoms with Crippen LogP contribution in [-0.2, 0) is 0 Å². The van der Waals surface area contributed by atoms with Crippen molar-refractivity contribution in [2.24, 2.45) is 0 Å². The lowest BCUT2D eigenvalue weighted by Gasteiger charge is -1.98. The van der Waals surface area contributed by atoms with E-state index in [1.165, 1.54) is 0 Å². The monoisotopic (exact) mass is 210 g/mol. The Morgan fingerprint density at radius 3 is 2.56 bits per heavy atom. The van der Waals surface area contributed by atoms with E-state index >= 15 is 0 Å². The third kappa shape index (κ3) is 1.26. The number of para-hydroxylation sites is 1. The van der Waals surface area contributed by atoms with Crippen LogP contribution in [0.5, 0.6) is 0 Å². The first-order valence-electron chi connectivity index (χ1n) is 5.03. The van der Waals surface area contributed by atoms with Crippen LogP contribution >= 0.6 is 0 Å². The molecule has 3 nitrogen and oxygen atoms in total. The molecule has 0 aliphatic carbocycles. The molecule has 16 heavy (non-hydrogen) atoms. The SMILES string of the molecule is Nc1oc2ccccc2c1-c1ccncc1. The number of hydrogen-bond acceptors (Lipinski definition) is 3. The molecular formula is C13H10N2O. The van der Waals surface area contributed by atoms with Gasteiger partial charge in [0.1, 0.15) is 5.58 Å². The number of fused-ring (bicyclic) bond motifs is 1. The van der Waals surface area contributed by atoms with Gasteiger partial charge >= 0.3 is 0 Å². The average molecular weight is 210 g/mol. The Balaban J connectivity index is 2.35. The van der Waals surface area contributed by atoms with Gasteiger partial charge in [0.05, 0.1) is 5.56 Å². The highest BCUT2D eigenvalue weighted by Gasteiger charge is 2.12. The molecule has 2 N–H and O–H groups in total. The minimum atomic E-state index is 0.451. The number of hydrogen-bond donors (Lipinski definition) is 1. The first-order valence-corrected chi connectivity index (χ1v) is 5.03. The highest BCUT2D eigenvalue weighted by Crippen LogP contribution is 2.35. The Bertz CT molecular complexity index is 629. The molecule has 0 fully saturated rings. The van der Waals surface area contributed by atoms with E-state index in [9.17, 15) is 0 Å². The van der Waals surface area contributed by atoms with Gasteiger partial charge in [0.25, 0.3) is 0 Å². The van der Waals surface area contributed by atoms with Gasteiger partial charge in [0.15, 0.2) is 5.88 Å². The summed E-state index contributed by atoms with van der Waals surface area (Å²) in [5.41, 5.74) is 8.68. The molecule has 2 aromatic heterocycles. The number of anilines is 1. The quantitative estimate of drug-likeness (QED) is 0.671.